The second kappa shape index (κ2) is 10.1. The van der Waals surface area contributed by atoms with Crippen LogP contribution in [0.25, 0.3) is 0 Å². The summed E-state index contributed by atoms with van der Waals surface area (Å²) in [5.74, 6) is 0.262. The first-order chi connectivity index (χ1) is 16.8. The first-order valence-electron chi connectivity index (χ1n) is 9.99. The molecule has 1 N–H and O–H groups in total. The van der Waals surface area contributed by atoms with Crippen molar-refractivity contribution in [2.45, 2.75) is 4.90 Å². The average molecular weight is 561 g/mol. The summed E-state index contributed by atoms with van der Waals surface area (Å²) in [7, 11) is -4.32. The van der Waals surface area contributed by atoms with Gasteiger partial charge in [0.05, 0.1) is 16.0 Å². The second-order valence-electron chi connectivity index (χ2n) is 7.09. The van der Waals surface area contributed by atoms with E-state index in [1.807, 2.05) is 0 Å². The maximum Gasteiger partial charge on any atom is 0.293 e. The Morgan fingerprint density at radius 1 is 1.11 bits per heavy atom. The quantitative estimate of drug-likeness (QED) is 0.252. The maximum absolute atomic E-state index is 13.3. The van der Waals surface area contributed by atoms with Gasteiger partial charge in [-0.15, -0.1) is 0 Å². The van der Waals surface area contributed by atoms with Gasteiger partial charge in [0.25, 0.3) is 21.6 Å². The third-order valence-electron chi connectivity index (χ3n) is 4.85. The summed E-state index contributed by atoms with van der Waals surface area (Å²) in [4.78, 5) is 23.4. The highest BCUT2D eigenvalue weighted by molar-refractivity contribution is 9.10. The van der Waals surface area contributed by atoms with Crippen molar-refractivity contribution in [3.8, 4) is 11.5 Å². The maximum atomic E-state index is 13.3. The number of halogens is 1. The highest BCUT2D eigenvalue weighted by Gasteiger charge is 2.31. The molecule has 0 saturated carbocycles. The molecule has 3 aromatic rings. The standard InChI is InChI=1S/C22H17BrN4O7S/c23-17-11-21-20(33-14-34-21)10-15(17)12-24-25-22(28)13-26(18-8-4-5-9-19(18)27(29)30)35(31,32)16-6-2-1-3-7-16/h1-12H,13-14H2,(H,25,28). The second-order valence-corrected chi connectivity index (χ2v) is 9.81. The minimum absolute atomic E-state index is 0.0937. The van der Waals surface area contributed by atoms with Crippen LogP contribution < -0.4 is 19.2 Å². The van der Waals surface area contributed by atoms with Crippen molar-refractivity contribution in [1.29, 1.82) is 0 Å². The minimum atomic E-state index is -4.32. The van der Waals surface area contributed by atoms with Crippen LogP contribution in [0.3, 0.4) is 0 Å². The molecule has 1 aliphatic heterocycles. The Kier molecular flexibility index (Phi) is 6.98. The van der Waals surface area contributed by atoms with E-state index in [1.165, 1.54) is 48.7 Å². The lowest BCUT2D eigenvalue weighted by Crippen LogP contribution is -2.39. The topological polar surface area (TPSA) is 140 Å². The van der Waals surface area contributed by atoms with Crippen molar-refractivity contribution in [1.82, 2.24) is 5.43 Å². The molecule has 4 rings (SSSR count). The summed E-state index contributed by atoms with van der Waals surface area (Å²) >= 11 is 3.37. The highest BCUT2D eigenvalue weighted by atomic mass is 79.9. The third-order valence-corrected chi connectivity index (χ3v) is 7.31. The zero-order chi connectivity index (χ0) is 25.0. The van der Waals surface area contributed by atoms with E-state index >= 15 is 0 Å². The van der Waals surface area contributed by atoms with Crippen molar-refractivity contribution in [2.75, 3.05) is 17.6 Å². The Morgan fingerprint density at radius 2 is 1.77 bits per heavy atom. The van der Waals surface area contributed by atoms with Gasteiger partial charge < -0.3 is 9.47 Å². The van der Waals surface area contributed by atoms with E-state index in [2.05, 4.69) is 26.5 Å². The number of nitro benzene ring substituents is 1. The van der Waals surface area contributed by atoms with Gasteiger partial charge in [-0.2, -0.15) is 5.10 Å². The first-order valence-corrected chi connectivity index (χ1v) is 12.2. The summed E-state index contributed by atoms with van der Waals surface area (Å²) < 4.78 is 38.6. The number of nitrogens with zero attached hydrogens (tertiary/aromatic N) is 3. The van der Waals surface area contributed by atoms with Gasteiger partial charge in [0.1, 0.15) is 12.2 Å². The van der Waals surface area contributed by atoms with Gasteiger partial charge in [-0.3, -0.25) is 14.9 Å². The molecular weight excluding hydrogens is 544 g/mol. The van der Waals surface area contributed by atoms with E-state index in [0.717, 1.165) is 6.07 Å². The molecule has 0 atom stereocenters. The monoisotopic (exact) mass is 560 g/mol. The number of anilines is 1. The lowest BCUT2D eigenvalue weighted by Gasteiger charge is -2.23. The number of nitro groups is 1. The molecule has 0 radical (unpaired) electrons. The molecule has 0 bridgehead atoms. The van der Waals surface area contributed by atoms with Gasteiger partial charge in [0, 0.05) is 16.1 Å². The van der Waals surface area contributed by atoms with Crippen LogP contribution in [0.2, 0.25) is 0 Å². The van der Waals surface area contributed by atoms with Gasteiger partial charge in [-0.25, -0.2) is 18.1 Å². The Bertz CT molecular complexity index is 1410. The van der Waals surface area contributed by atoms with Gasteiger partial charge in [0.2, 0.25) is 6.79 Å². The predicted molar refractivity (Wildman–Crippen MR) is 130 cm³/mol. The number of hydrogen-bond donors (Lipinski definition) is 1. The van der Waals surface area contributed by atoms with Crippen LogP contribution in [0.5, 0.6) is 11.5 Å². The lowest BCUT2D eigenvalue weighted by atomic mass is 10.2. The zero-order valence-corrected chi connectivity index (χ0v) is 20.2. The molecule has 11 nitrogen and oxygen atoms in total. The van der Waals surface area contributed by atoms with Crippen molar-refractivity contribution in [2.24, 2.45) is 5.10 Å². The number of ether oxygens (including phenoxy) is 2. The summed E-state index contributed by atoms with van der Waals surface area (Å²) in [5, 5.41) is 15.4. The molecule has 0 aliphatic carbocycles. The largest absolute Gasteiger partial charge is 0.454 e. The summed E-state index contributed by atoms with van der Waals surface area (Å²) in [6.45, 7) is -0.655. The van der Waals surface area contributed by atoms with Crippen LogP contribution in [0.4, 0.5) is 11.4 Å². The number of hydrazone groups is 1. The highest BCUT2D eigenvalue weighted by Crippen LogP contribution is 2.36. The smallest absolute Gasteiger partial charge is 0.293 e. The van der Waals surface area contributed by atoms with Crippen LogP contribution in [0, 0.1) is 10.1 Å². The fourth-order valence-corrected chi connectivity index (χ4v) is 5.10. The number of sulfonamides is 1. The Labute approximate surface area is 208 Å². The fraction of sp³-hybridized carbons (Fsp3) is 0.0909. The minimum Gasteiger partial charge on any atom is -0.454 e. The molecule has 1 amide bonds. The van der Waals surface area contributed by atoms with Gasteiger partial charge in [-0.1, -0.05) is 30.3 Å². The number of rotatable bonds is 8. The molecule has 0 aromatic heterocycles. The van der Waals surface area contributed by atoms with E-state index in [4.69, 9.17) is 9.47 Å². The molecule has 3 aromatic carbocycles. The van der Waals surface area contributed by atoms with Gasteiger partial charge in [-0.05, 0) is 46.3 Å². The third kappa shape index (κ3) is 5.25. The fourth-order valence-electron chi connectivity index (χ4n) is 3.22. The number of hydrogen-bond acceptors (Lipinski definition) is 8. The average Bonchev–Trinajstić information content (AvgIpc) is 3.30. The number of benzene rings is 3. The predicted octanol–water partition coefficient (Wildman–Crippen LogP) is 3.43. The van der Waals surface area contributed by atoms with Gasteiger partial charge in [0.15, 0.2) is 11.5 Å². The SMILES string of the molecule is O=C(CN(c1ccccc1[N+](=O)[O-])S(=O)(=O)c1ccccc1)NN=Cc1cc2c(cc1Br)OCO2. The summed E-state index contributed by atoms with van der Waals surface area (Å²) in [5.41, 5.74) is 2.12. The number of carbonyl (C=O) groups is 1. The molecule has 35 heavy (non-hydrogen) atoms. The first kappa shape index (κ1) is 24.2. The molecule has 13 heteroatoms. The zero-order valence-electron chi connectivity index (χ0n) is 17.8. The Morgan fingerprint density at radius 3 is 2.49 bits per heavy atom. The van der Waals surface area contributed by atoms with Crippen LogP contribution >= 0.6 is 15.9 Å². The van der Waals surface area contributed by atoms with Crippen molar-refractivity contribution in [3.63, 3.8) is 0 Å². The Balaban J connectivity index is 1.60. The van der Waals surface area contributed by atoms with E-state index in [9.17, 15) is 23.3 Å². The van der Waals surface area contributed by atoms with Crippen molar-refractivity contribution in [3.05, 3.63) is 86.9 Å². The molecule has 180 valence electrons. The normalized spacial score (nSPS) is 12.5. The van der Waals surface area contributed by atoms with Crippen molar-refractivity contribution >= 4 is 49.4 Å². The molecule has 1 heterocycles. The van der Waals surface area contributed by atoms with Gasteiger partial charge >= 0.3 is 0 Å². The van der Waals surface area contributed by atoms with E-state index < -0.39 is 33.1 Å². The molecule has 0 spiro atoms. The number of nitrogens with one attached hydrogen (secondary N) is 1. The summed E-state index contributed by atoms with van der Waals surface area (Å²) in [6.07, 6.45) is 1.34. The van der Waals surface area contributed by atoms with E-state index in [1.54, 1.807) is 18.2 Å². The van der Waals surface area contributed by atoms with Crippen LogP contribution in [-0.2, 0) is 14.8 Å². The number of fused-ring (bicyclic) bond motifs is 1. The molecule has 0 unspecified atom stereocenters. The number of carbonyl (C=O) groups excluding carboxylic acids is 1. The molecule has 0 fully saturated rings. The Hall–Kier alpha value is -3.97. The van der Waals surface area contributed by atoms with Crippen LogP contribution in [0.1, 0.15) is 5.56 Å². The van der Waals surface area contributed by atoms with E-state index in [0.29, 0.717) is 25.8 Å². The molecular formula is C22H17BrN4O7S. The van der Waals surface area contributed by atoms with Crippen LogP contribution in [0.15, 0.2) is 81.2 Å². The summed E-state index contributed by atoms with van der Waals surface area (Å²) in [6, 6.07) is 15.9. The van der Waals surface area contributed by atoms with Crippen LogP contribution in [-0.4, -0.2) is 38.8 Å². The van der Waals surface area contributed by atoms with Crippen molar-refractivity contribution < 1.29 is 27.6 Å². The lowest BCUT2D eigenvalue weighted by molar-refractivity contribution is -0.384. The molecule has 1 aliphatic rings. The number of para-hydroxylation sites is 2. The molecule has 0 saturated heterocycles. The number of amides is 1. The van der Waals surface area contributed by atoms with E-state index in [-0.39, 0.29) is 17.4 Å².